The molecule has 1 heterocycles. The van der Waals surface area contributed by atoms with E-state index in [1.165, 1.54) is 44.6 Å². The maximum Gasteiger partial charge on any atom is 0.293 e. The summed E-state index contributed by atoms with van der Waals surface area (Å²) in [6, 6.07) is 8.69. The van der Waals surface area contributed by atoms with Gasteiger partial charge < -0.3 is 14.2 Å². The number of benzene rings is 2. The summed E-state index contributed by atoms with van der Waals surface area (Å²) in [5, 5.41) is -0.0466. The van der Waals surface area contributed by atoms with Crippen molar-refractivity contribution in [1.82, 2.24) is 4.90 Å². The van der Waals surface area contributed by atoms with E-state index in [1.807, 2.05) is 0 Å². The SMILES string of the molecule is COc1cc(Cl)c(/C=C2\SC(=O)N(CCOc3ccc(F)cc3)C2=O)cc1OC. The van der Waals surface area contributed by atoms with Crippen LogP contribution in [0.4, 0.5) is 9.18 Å². The summed E-state index contributed by atoms with van der Waals surface area (Å²) < 4.78 is 28.8. The second-order valence-electron chi connectivity index (χ2n) is 5.86. The zero-order chi connectivity index (χ0) is 21.0. The molecule has 9 heteroatoms. The third-order valence-electron chi connectivity index (χ3n) is 4.06. The molecule has 0 aromatic heterocycles. The first-order valence-corrected chi connectivity index (χ1v) is 9.67. The Labute approximate surface area is 176 Å². The molecule has 0 saturated carbocycles. The van der Waals surface area contributed by atoms with E-state index in [1.54, 1.807) is 12.1 Å². The zero-order valence-electron chi connectivity index (χ0n) is 15.6. The summed E-state index contributed by atoms with van der Waals surface area (Å²) in [6.45, 7) is 0.160. The van der Waals surface area contributed by atoms with Gasteiger partial charge in [0.15, 0.2) is 11.5 Å². The van der Waals surface area contributed by atoms with Gasteiger partial charge in [-0.05, 0) is 53.7 Å². The number of hydrogen-bond acceptors (Lipinski definition) is 6. The Hall–Kier alpha value is -2.71. The number of carbonyl (C=O) groups excluding carboxylic acids is 2. The van der Waals surface area contributed by atoms with Crippen molar-refractivity contribution < 1.29 is 28.2 Å². The molecule has 0 bridgehead atoms. The van der Waals surface area contributed by atoms with Crippen molar-refractivity contribution in [2.24, 2.45) is 0 Å². The number of halogens is 2. The number of hydrogen-bond donors (Lipinski definition) is 0. The van der Waals surface area contributed by atoms with Gasteiger partial charge in [0, 0.05) is 6.07 Å². The molecule has 0 aliphatic carbocycles. The lowest BCUT2D eigenvalue weighted by Crippen LogP contribution is -2.32. The minimum absolute atomic E-state index is 0.0685. The first-order chi connectivity index (χ1) is 13.9. The molecule has 2 aromatic rings. The third-order valence-corrected chi connectivity index (χ3v) is 5.30. The van der Waals surface area contributed by atoms with E-state index in [4.69, 9.17) is 25.8 Å². The molecule has 29 heavy (non-hydrogen) atoms. The van der Waals surface area contributed by atoms with Crippen molar-refractivity contribution >= 4 is 40.6 Å². The lowest BCUT2D eigenvalue weighted by molar-refractivity contribution is -0.123. The first-order valence-electron chi connectivity index (χ1n) is 8.48. The number of methoxy groups -OCH3 is 2. The highest BCUT2D eigenvalue weighted by molar-refractivity contribution is 8.18. The van der Waals surface area contributed by atoms with Gasteiger partial charge in [-0.1, -0.05) is 11.6 Å². The maximum atomic E-state index is 12.9. The molecule has 1 saturated heterocycles. The highest BCUT2D eigenvalue weighted by Crippen LogP contribution is 2.37. The lowest BCUT2D eigenvalue weighted by Gasteiger charge is -2.13. The van der Waals surface area contributed by atoms with E-state index in [-0.39, 0.29) is 23.9 Å². The largest absolute Gasteiger partial charge is 0.493 e. The van der Waals surface area contributed by atoms with Crippen LogP contribution in [0.2, 0.25) is 5.02 Å². The van der Waals surface area contributed by atoms with Gasteiger partial charge in [-0.15, -0.1) is 0 Å². The monoisotopic (exact) mass is 437 g/mol. The van der Waals surface area contributed by atoms with Crippen LogP contribution < -0.4 is 14.2 Å². The number of carbonyl (C=O) groups is 2. The van der Waals surface area contributed by atoms with Crippen molar-refractivity contribution in [3.63, 3.8) is 0 Å². The molecule has 2 amide bonds. The summed E-state index contributed by atoms with van der Waals surface area (Å²) in [4.78, 5) is 26.2. The number of ether oxygens (including phenoxy) is 3. The Kier molecular flexibility index (Phi) is 6.66. The molecule has 1 aliphatic heterocycles. The first kappa shape index (κ1) is 21.0. The Morgan fingerprint density at radius 2 is 1.76 bits per heavy atom. The fourth-order valence-electron chi connectivity index (χ4n) is 2.60. The third kappa shape index (κ3) is 4.83. The van der Waals surface area contributed by atoms with Gasteiger partial charge in [-0.3, -0.25) is 14.5 Å². The van der Waals surface area contributed by atoms with Crippen molar-refractivity contribution in [1.29, 1.82) is 0 Å². The normalized spacial score (nSPS) is 15.2. The summed E-state index contributed by atoms with van der Waals surface area (Å²) in [5.74, 6) is 0.553. The lowest BCUT2D eigenvalue weighted by atomic mass is 10.1. The number of amides is 2. The number of imide groups is 1. The molecule has 0 atom stereocenters. The van der Waals surface area contributed by atoms with Crippen LogP contribution in [-0.2, 0) is 4.79 Å². The molecule has 0 N–H and O–H groups in total. The van der Waals surface area contributed by atoms with Crippen LogP contribution in [-0.4, -0.2) is 43.4 Å². The van der Waals surface area contributed by atoms with E-state index >= 15 is 0 Å². The van der Waals surface area contributed by atoms with Crippen molar-refractivity contribution in [3.05, 3.63) is 57.7 Å². The molecule has 152 valence electrons. The van der Waals surface area contributed by atoms with Gasteiger partial charge >= 0.3 is 0 Å². The highest BCUT2D eigenvalue weighted by atomic mass is 35.5. The molecule has 1 fully saturated rings. The van der Waals surface area contributed by atoms with Crippen molar-refractivity contribution in [2.45, 2.75) is 0 Å². The molecular formula is C20H17ClFNO5S. The van der Waals surface area contributed by atoms with Gasteiger partial charge in [-0.25, -0.2) is 4.39 Å². The number of nitrogens with zero attached hydrogens (tertiary/aromatic N) is 1. The fourth-order valence-corrected chi connectivity index (χ4v) is 3.66. The van der Waals surface area contributed by atoms with Gasteiger partial charge in [-0.2, -0.15) is 0 Å². The molecule has 0 unspecified atom stereocenters. The minimum Gasteiger partial charge on any atom is -0.493 e. The quantitative estimate of drug-likeness (QED) is 0.589. The Bertz CT molecular complexity index is 964. The Morgan fingerprint density at radius 3 is 2.41 bits per heavy atom. The Morgan fingerprint density at radius 1 is 1.10 bits per heavy atom. The van der Waals surface area contributed by atoms with Crippen LogP contribution in [0.3, 0.4) is 0 Å². The molecule has 6 nitrogen and oxygen atoms in total. The van der Waals surface area contributed by atoms with Crippen LogP contribution in [0.5, 0.6) is 17.2 Å². The van der Waals surface area contributed by atoms with E-state index in [2.05, 4.69) is 0 Å². The second kappa shape index (κ2) is 9.19. The molecule has 0 radical (unpaired) electrons. The molecular weight excluding hydrogens is 421 g/mol. The van der Waals surface area contributed by atoms with Crippen LogP contribution in [0, 0.1) is 5.82 Å². The Balaban J connectivity index is 1.70. The highest BCUT2D eigenvalue weighted by Gasteiger charge is 2.35. The van der Waals surface area contributed by atoms with E-state index in [0.29, 0.717) is 27.8 Å². The van der Waals surface area contributed by atoms with Gasteiger partial charge in [0.2, 0.25) is 0 Å². The fraction of sp³-hybridized carbons (Fsp3) is 0.200. The molecule has 3 rings (SSSR count). The van der Waals surface area contributed by atoms with Gasteiger partial charge in [0.1, 0.15) is 18.2 Å². The van der Waals surface area contributed by atoms with E-state index in [9.17, 15) is 14.0 Å². The summed E-state index contributed by atoms with van der Waals surface area (Å²) in [6.07, 6.45) is 1.54. The van der Waals surface area contributed by atoms with Gasteiger partial charge in [0.05, 0.1) is 30.7 Å². The molecule has 1 aliphatic rings. The predicted molar refractivity (Wildman–Crippen MR) is 109 cm³/mol. The van der Waals surface area contributed by atoms with E-state index in [0.717, 1.165) is 16.7 Å². The minimum atomic E-state index is -0.437. The molecule has 0 spiro atoms. The van der Waals surface area contributed by atoms with Crippen molar-refractivity contribution in [3.8, 4) is 17.2 Å². The summed E-state index contributed by atoms with van der Waals surface area (Å²) >= 11 is 7.07. The summed E-state index contributed by atoms with van der Waals surface area (Å²) in [5.41, 5.74) is 0.525. The average molecular weight is 438 g/mol. The number of thioether (sulfide) groups is 1. The summed E-state index contributed by atoms with van der Waals surface area (Å²) in [7, 11) is 2.98. The second-order valence-corrected chi connectivity index (χ2v) is 7.26. The molecule has 2 aromatic carbocycles. The van der Waals surface area contributed by atoms with Gasteiger partial charge in [0.25, 0.3) is 11.1 Å². The van der Waals surface area contributed by atoms with Crippen LogP contribution in [0.15, 0.2) is 41.3 Å². The average Bonchev–Trinajstić information content (AvgIpc) is 2.98. The van der Waals surface area contributed by atoms with Crippen LogP contribution >= 0.6 is 23.4 Å². The standard InChI is InChI=1S/C20H17ClFNO5S/c1-26-16-9-12(15(21)11-17(16)27-2)10-18-19(24)23(20(25)29-18)7-8-28-14-5-3-13(22)4-6-14/h3-6,9-11H,7-8H2,1-2H3/b18-10-. The topological polar surface area (TPSA) is 65.1 Å². The predicted octanol–water partition coefficient (Wildman–Crippen LogP) is 4.61. The van der Waals surface area contributed by atoms with E-state index < -0.39 is 11.1 Å². The maximum absolute atomic E-state index is 12.9. The number of rotatable bonds is 7. The van der Waals surface area contributed by atoms with Crippen molar-refractivity contribution in [2.75, 3.05) is 27.4 Å². The zero-order valence-corrected chi connectivity index (χ0v) is 17.2. The van der Waals surface area contributed by atoms with Crippen LogP contribution in [0.1, 0.15) is 5.56 Å². The van der Waals surface area contributed by atoms with Crippen LogP contribution in [0.25, 0.3) is 6.08 Å². The smallest absolute Gasteiger partial charge is 0.293 e.